The van der Waals surface area contributed by atoms with Crippen LogP contribution in [0.5, 0.6) is 0 Å². The third kappa shape index (κ3) is 5.80. The van der Waals surface area contributed by atoms with Crippen molar-refractivity contribution in [1.82, 2.24) is 0 Å². The molecule has 0 radical (unpaired) electrons. The Kier molecular flexibility index (Phi) is 7.23. The number of aliphatic hydroxyl groups is 1. The zero-order chi connectivity index (χ0) is 13.4. The first kappa shape index (κ1) is 15.4. The number of halogens is 2. The van der Waals surface area contributed by atoms with E-state index < -0.39 is 17.7 Å². The van der Waals surface area contributed by atoms with Crippen LogP contribution in [0.4, 0.5) is 8.78 Å². The Morgan fingerprint density at radius 2 is 2.17 bits per heavy atom. The molecule has 0 aromatic heterocycles. The lowest BCUT2D eigenvalue weighted by Crippen LogP contribution is -2.18. The summed E-state index contributed by atoms with van der Waals surface area (Å²) in [5, 5.41) is 9.61. The fourth-order valence-corrected chi connectivity index (χ4v) is 2.12. The van der Waals surface area contributed by atoms with Crippen LogP contribution in [-0.4, -0.2) is 30.2 Å². The summed E-state index contributed by atoms with van der Waals surface area (Å²) in [6, 6.07) is 3.42. The fourth-order valence-electron chi connectivity index (χ4n) is 1.29. The Bertz CT molecular complexity index is 361. The second-order valence-electron chi connectivity index (χ2n) is 3.97. The molecule has 1 atom stereocenters. The minimum atomic E-state index is -0.642. The van der Waals surface area contributed by atoms with E-state index in [-0.39, 0.29) is 6.61 Å². The van der Waals surface area contributed by atoms with E-state index in [1.165, 1.54) is 12.1 Å². The first-order valence-corrected chi connectivity index (χ1v) is 6.95. The number of unbranched alkanes of at least 4 members (excludes halogenated alkanes) is 1. The smallest absolute Gasteiger partial charge is 0.139 e. The van der Waals surface area contributed by atoms with Crippen molar-refractivity contribution in [2.24, 2.45) is 0 Å². The van der Waals surface area contributed by atoms with Gasteiger partial charge in [0.25, 0.3) is 0 Å². The van der Waals surface area contributed by atoms with Gasteiger partial charge in [-0.2, -0.15) is 0 Å². The average molecular weight is 276 g/mol. The van der Waals surface area contributed by atoms with Crippen molar-refractivity contribution in [2.45, 2.75) is 30.8 Å². The van der Waals surface area contributed by atoms with Crippen LogP contribution in [0.1, 0.15) is 19.8 Å². The molecular weight excluding hydrogens is 258 g/mol. The first-order valence-electron chi connectivity index (χ1n) is 5.97. The van der Waals surface area contributed by atoms with Crippen molar-refractivity contribution in [3.8, 4) is 0 Å². The minimum absolute atomic E-state index is 0.246. The second kappa shape index (κ2) is 8.45. The van der Waals surface area contributed by atoms with E-state index >= 15 is 0 Å². The second-order valence-corrected chi connectivity index (χ2v) is 5.03. The highest BCUT2D eigenvalue weighted by molar-refractivity contribution is 7.99. The Hall–Kier alpha value is -0.650. The number of thioether (sulfide) groups is 1. The van der Waals surface area contributed by atoms with E-state index in [0.29, 0.717) is 17.3 Å². The molecule has 0 spiro atoms. The van der Waals surface area contributed by atoms with Crippen molar-refractivity contribution in [3.63, 3.8) is 0 Å². The van der Waals surface area contributed by atoms with Gasteiger partial charge in [-0.25, -0.2) is 8.78 Å². The third-order valence-corrected chi connectivity index (χ3v) is 3.47. The molecule has 1 rings (SSSR count). The van der Waals surface area contributed by atoms with E-state index in [0.717, 1.165) is 30.7 Å². The number of hydrogen-bond donors (Lipinski definition) is 1. The lowest BCUT2D eigenvalue weighted by molar-refractivity contribution is 0.0473. The monoisotopic (exact) mass is 276 g/mol. The topological polar surface area (TPSA) is 29.5 Å². The Balaban J connectivity index is 2.27. The zero-order valence-electron chi connectivity index (χ0n) is 10.4. The quantitative estimate of drug-likeness (QED) is 0.584. The summed E-state index contributed by atoms with van der Waals surface area (Å²) < 4.78 is 31.2. The number of ether oxygens (including phenoxy) is 1. The maximum absolute atomic E-state index is 13.3. The van der Waals surface area contributed by atoms with E-state index in [9.17, 15) is 13.9 Å². The van der Waals surface area contributed by atoms with Crippen LogP contribution < -0.4 is 0 Å². The normalized spacial score (nSPS) is 12.7. The van der Waals surface area contributed by atoms with E-state index in [1.807, 2.05) is 0 Å². The summed E-state index contributed by atoms with van der Waals surface area (Å²) >= 11 is 1.16. The van der Waals surface area contributed by atoms with Crippen molar-refractivity contribution >= 4 is 11.8 Å². The van der Waals surface area contributed by atoms with Crippen LogP contribution in [-0.2, 0) is 4.74 Å². The molecule has 2 nitrogen and oxygen atoms in total. The molecule has 0 heterocycles. The molecule has 1 N–H and O–H groups in total. The van der Waals surface area contributed by atoms with Gasteiger partial charge in [-0.15, -0.1) is 11.8 Å². The van der Waals surface area contributed by atoms with Crippen LogP contribution in [0.15, 0.2) is 23.1 Å². The van der Waals surface area contributed by atoms with Gasteiger partial charge >= 0.3 is 0 Å². The summed E-state index contributed by atoms with van der Waals surface area (Å²) in [5.41, 5.74) is 0. The third-order valence-electron chi connectivity index (χ3n) is 2.28. The molecule has 0 bridgehead atoms. The Morgan fingerprint density at radius 3 is 2.83 bits per heavy atom. The largest absolute Gasteiger partial charge is 0.390 e. The molecule has 102 valence electrons. The highest BCUT2D eigenvalue weighted by atomic mass is 32.2. The minimum Gasteiger partial charge on any atom is -0.390 e. The molecule has 1 unspecified atom stereocenters. The van der Waals surface area contributed by atoms with Gasteiger partial charge in [0.15, 0.2) is 0 Å². The van der Waals surface area contributed by atoms with Gasteiger partial charge in [0.1, 0.15) is 11.6 Å². The van der Waals surface area contributed by atoms with Crippen LogP contribution in [0.2, 0.25) is 0 Å². The highest BCUT2D eigenvalue weighted by Gasteiger charge is 2.09. The lowest BCUT2D eigenvalue weighted by atomic mass is 10.3. The van der Waals surface area contributed by atoms with Gasteiger partial charge < -0.3 is 9.84 Å². The molecule has 5 heteroatoms. The molecule has 0 saturated carbocycles. The van der Waals surface area contributed by atoms with Crippen LogP contribution in [0, 0.1) is 11.6 Å². The maximum Gasteiger partial charge on any atom is 0.139 e. The van der Waals surface area contributed by atoms with Gasteiger partial charge in [0, 0.05) is 23.3 Å². The number of aliphatic hydroxyl groups excluding tert-OH is 1. The molecule has 0 amide bonds. The van der Waals surface area contributed by atoms with Crippen molar-refractivity contribution in [1.29, 1.82) is 0 Å². The van der Waals surface area contributed by atoms with Crippen molar-refractivity contribution < 1.29 is 18.6 Å². The van der Waals surface area contributed by atoms with Gasteiger partial charge in [-0.1, -0.05) is 13.3 Å². The molecular formula is C13H18F2O2S. The van der Waals surface area contributed by atoms with Crippen molar-refractivity contribution in [2.75, 3.05) is 19.0 Å². The van der Waals surface area contributed by atoms with Gasteiger partial charge in [0.05, 0.1) is 12.7 Å². The maximum atomic E-state index is 13.3. The van der Waals surface area contributed by atoms with E-state index in [1.54, 1.807) is 0 Å². The number of benzene rings is 1. The summed E-state index contributed by atoms with van der Waals surface area (Å²) in [5.74, 6) is -0.867. The molecule has 0 aliphatic heterocycles. The molecule has 0 fully saturated rings. The fraction of sp³-hybridized carbons (Fsp3) is 0.538. The highest BCUT2D eigenvalue weighted by Crippen LogP contribution is 2.23. The average Bonchev–Trinajstić information content (AvgIpc) is 2.33. The van der Waals surface area contributed by atoms with Gasteiger partial charge in [-0.3, -0.25) is 0 Å². The van der Waals surface area contributed by atoms with Crippen LogP contribution in [0.3, 0.4) is 0 Å². The van der Waals surface area contributed by atoms with E-state index in [4.69, 9.17) is 4.74 Å². The van der Waals surface area contributed by atoms with Gasteiger partial charge in [-0.05, 0) is 18.6 Å². The number of rotatable bonds is 8. The Morgan fingerprint density at radius 1 is 1.39 bits per heavy atom. The molecule has 1 aromatic carbocycles. The summed E-state index contributed by atoms with van der Waals surface area (Å²) in [7, 11) is 0. The van der Waals surface area contributed by atoms with Crippen LogP contribution in [0.25, 0.3) is 0 Å². The molecule has 0 aliphatic rings. The standard InChI is InChI=1S/C13H18F2O2S/c1-2-3-6-17-8-11(16)9-18-13-5-4-10(14)7-12(13)15/h4-5,7,11,16H,2-3,6,8-9H2,1H3. The van der Waals surface area contributed by atoms with Crippen LogP contribution >= 0.6 is 11.8 Å². The van der Waals surface area contributed by atoms with E-state index in [2.05, 4.69) is 6.92 Å². The molecule has 0 saturated heterocycles. The summed E-state index contributed by atoms with van der Waals surface area (Å²) in [6.45, 7) is 2.94. The Labute approximate surface area is 110 Å². The predicted molar refractivity (Wildman–Crippen MR) is 68.8 cm³/mol. The summed E-state index contributed by atoms with van der Waals surface area (Å²) in [4.78, 5) is 0.337. The van der Waals surface area contributed by atoms with Crippen molar-refractivity contribution in [3.05, 3.63) is 29.8 Å². The first-order chi connectivity index (χ1) is 8.63. The SMILES string of the molecule is CCCCOCC(O)CSc1ccc(F)cc1F. The lowest BCUT2D eigenvalue weighted by Gasteiger charge is -2.11. The molecule has 18 heavy (non-hydrogen) atoms. The predicted octanol–water partition coefficient (Wildman–Crippen LogP) is 3.23. The molecule has 0 aliphatic carbocycles. The molecule has 1 aromatic rings. The number of hydrogen-bond acceptors (Lipinski definition) is 3. The van der Waals surface area contributed by atoms with Gasteiger partial charge in [0.2, 0.25) is 0 Å². The zero-order valence-corrected chi connectivity index (χ0v) is 11.2. The summed E-state index contributed by atoms with van der Waals surface area (Å²) in [6.07, 6.45) is 1.37.